The maximum Gasteiger partial charge on any atom is 0.416 e. The van der Waals surface area contributed by atoms with Crippen molar-refractivity contribution in [3.05, 3.63) is 47.2 Å². The number of aliphatic hydroxyl groups excluding tert-OH is 1. The second kappa shape index (κ2) is 9.17. The molecule has 1 aromatic rings. The molecular weight excluding hydrogens is 387 g/mol. The molecular formula is C21H26F3NO4. The average Bonchev–Trinajstić information content (AvgIpc) is 3.50. The van der Waals surface area contributed by atoms with Crippen LogP contribution in [0.4, 0.5) is 13.2 Å². The summed E-state index contributed by atoms with van der Waals surface area (Å²) in [6, 6.07) is 5.10. The second-order valence-electron chi connectivity index (χ2n) is 7.40. The highest BCUT2D eigenvalue weighted by molar-refractivity contribution is 5.92. The van der Waals surface area contributed by atoms with Crippen LogP contribution in [0.3, 0.4) is 0 Å². The monoisotopic (exact) mass is 413 g/mol. The molecule has 1 aromatic carbocycles. The smallest absolute Gasteiger partial charge is 0.416 e. The van der Waals surface area contributed by atoms with E-state index in [1.165, 1.54) is 12.1 Å². The minimum Gasteiger partial charge on any atom is -0.459 e. The van der Waals surface area contributed by atoms with Gasteiger partial charge in [0, 0.05) is 31.1 Å². The zero-order valence-electron chi connectivity index (χ0n) is 16.2. The van der Waals surface area contributed by atoms with Crippen LogP contribution in [-0.4, -0.2) is 36.6 Å². The normalized spacial score (nSPS) is 24.6. The van der Waals surface area contributed by atoms with Crippen LogP contribution >= 0.6 is 0 Å². The first-order chi connectivity index (χ1) is 13.8. The molecule has 0 unspecified atom stereocenters. The van der Waals surface area contributed by atoms with Gasteiger partial charge in [0.25, 0.3) is 5.91 Å². The number of hydrogen-bond acceptors (Lipinski definition) is 4. The third-order valence-electron chi connectivity index (χ3n) is 5.17. The fourth-order valence-corrected chi connectivity index (χ4v) is 3.52. The Hall–Kier alpha value is -2.06. The molecule has 0 saturated heterocycles. The summed E-state index contributed by atoms with van der Waals surface area (Å²) in [6.45, 7) is 2.15. The standard InChI is InChI=1S/C21H26F3NO4/c1-2-28-20-16(4-3-11-26)17(12-18(29-20)19(27)25-15-9-10-15)13-5-7-14(8-6-13)21(22,23)24/h5-8,12,15-17,20,26H,2-4,9-11H2,1H3,(H,25,27)/t16-,17-,20-/m1/s1. The minimum atomic E-state index is -4.41. The molecule has 2 N–H and O–H groups in total. The molecule has 1 amide bonds. The fourth-order valence-electron chi connectivity index (χ4n) is 3.52. The van der Waals surface area contributed by atoms with Gasteiger partial charge in [0.05, 0.1) is 5.56 Å². The summed E-state index contributed by atoms with van der Waals surface area (Å²) >= 11 is 0. The third kappa shape index (κ3) is 5.51. The number of amides is 1. The quantitative estimate of drug-likeness (QED) is 0.682. The Labute approximate surface area is 167 Å². The number of carbonyl (C=O) groups is 1. The van der Waals surface area contributed by atoms with Crippen LogP contribution in [0, 0.1) is 5.92 Å². The van der Waals surface area contributed by atoms with E-state index in [0.29, 0.717) is 25.0 Å². The highest BCUT2D eigenvalue weighted by Gasteiger charge is 2.39. The Morgan fingerprint density at radius 1 is 1.28 bits per heavy atom. The number of aliphatic hydroxyl groups is 1. The summed E-state index contributed by atoms with van der Waals surface area (Å²) in [7, 11) is 0. The Morgan fingerprint density at radius 3 is 2.52 bits per heavy atom. The van der Waals surface area contributed by atoms with E-state index in [-0.39, 0.29) is 36.2 Å². The summed E-state index contributed by atoms with van der Waals surface area (Å²) in [5.41, 5.74) is -0.0806. The number of nitrogens with one attached hydrogen (secondary N) is 1. The molecule has 0 spiro atoms. The lowest BCUT2D eigenvalue weighted by Gasteiger charge is -2.37. The van der Waals surface area contributed by atoms with E-state index < -0.39 is 18.0 Å². The van der Waals surface area contributed by atoms with Gasteiger partial charge in [-0.05, 0) is 56.4 Å². The molecule has 0 radical (unpaired) electrons. The van der Waals surface area contributed by atoms with E-state index in [0.717, 1.165) is 25.0 Å². The summed E-state index contributed by atoms with van der Waals surface area (Å²) in [5.74, 6) is -0.819. The summed E-state index contributed by atoms with van der Waals surface area (Å²) in [4.78, 5) is 12.5. The van der Waals surface area contributed by atoms with Gasteiger partial charge < -0.3 is 19.9 Å². The Kier molecular flexibility index (Phi) is 6.85. The predicted molar refractivity (Wildman–Crippen MR) is 99.7 cm³/mol. The molecule has 0 aromatic heterocycles. The Bertz CT molecular complexity index is 728. The molecule has 1 aliphatic heterocycles. The third-order valence-corrected chi connectivity index (χ3v) is 5.17. The number of ether oxygens (including phenoxy) is 2. The van der Waals surface area contributed by atoms with Gasteiger partial charge in [-0.15, -0.1) is 0 Å². The van der Waals surface area contributed by atoms with Crippen molar-refractivity contribution in [2.24, 2.45) is 5.92 Å². The zero-order chi connectivity index (χ0) is 21.0. The van der Waals surface area contributed by atoms with Crippen LogP contribution in [0.2, 0.25) is 0 Å². The molecule has 1 aliphatic carbocycles. The van der Waals surface area contributed by atoms with Crippen LogP contribution in [0.5, 0.6) is 0 Å². The number of rotatable bonds is 8. The first kappa shape index (κ1) is 21.6. The molecule has 29 heavy (non-hydrogen) atoms. The SMILES string of the molecule is CCO[C@@H]1OC(C(=O)NC2CC2)=C[C@H](c2ccc(C(F)(F)F)cc2)[C@H]1CCCO. The van der Waals surface area contributed by atoms with Crippen LogP contribution in [0.15, 0.2) is 36.1 Å². The van der Waals surface area contributed by atoms with Gasteiger partial charge in [0.1, 0.15) is 0 Å². The van der Waals surface area contributed by atoms with Gasteiger partial charge in [-0.3, -0.25) is 4.79 Å². The van der Waals surface area contributed by atoms with E-state index in [4.69, 9.17) is 9.47 Å². The van der Waals surface area contributed by atoms with Gasteiger partial charge in [0.15, 0.2) is 5.76 Å². The van der Waals surface area contributed by atoms with Crippen LogP contribution in [-0.2, 0) is 20.4 Å². The topological polar surface area (TPSA) is 67.8 Å². The van der Waals surface area contributed by atoms with Crippen molar-refractivity contribution in [1.29, 1.82) is 0 Å². The van der Waals surface area contributed by atoms with Gasteiger partial charge in [-0.1, -0.05) is 12.1 Å². The van der Waals surface area contributed by atoms with Crippen LogP contribution in [0.1, 0.15) is 49.7 Å². The maximum absolute atomic E-state index is 12.9. The second-order valence-corrected chi connectivity index (χ2v) is 7.40. The largest absolute Gasteiger partial charge is 0.459 e. The highest BCUT2D eigenvalue weighted by Crippen LogP contribution is 2.40. The predicted octanol–water partition coefficient (Wildman–Crippen LogP) is 3.73. The number of benzene rings is 1. The van der Waals surface area contributed by atoms with Crippen LogP contribution in [0.25, 0.3) is 0 Å². The van der Waals surface area contributed by atoms with E-state index in [2.05, 4.69) is 5.32 Å². The van der Waals surface area contributed by atoms with Gasteiger partial charge in [0.2, 0.25) is 6.29 Å². The molecule has 1 heterocycles. The number of hydrogen-bond donors (Lipinski definition) is 2. The van der Waals surface area contributed by atoms with E-state index in [1.54, 1.807) is 6.08 Å². The van der Waals surface area contributed by atoms with E-state index in [9.17, 15) is 23.1 Å². The molecule has 1 saturated carbocycles. The van der Waals surface area contributed by atoms with Gasteiger partial charge >= 0.3 is 6.18 Å². The molecule has 2 aliphatic rings. The van der Waals surface area contributed by atoms with E-state index >= 15 is 0 Å². The lowest BCUT2D eigenvalue weighted by Crippen LogP contribution is -2.39. The first-order valence-electron chi connectivity index (χ1n) is 9.92. The fraction of sp³-hybridized carbons (Fsp3) is 0.571. The van der Waals surface area contributed by atoms with Crippen molar-refractivity contribution in [2.75, 3.05) is 13.2 Å². The summed E-state index contributed by atoms with van der Waals surface area (Å²) in [6.07, 6.45) is -0.581. The maximum atomic E-state index is 12.9. The van der Waals surface area contributed by atoms with Crippen molar-refractivity contribution in [1.82, 2.24) is 5.32 Å². The lowest BCUT2D eigenvalue weighted by atomic mass is 9.80. The molecule has 1 fully saturated rings. The molecule has 5 nitrogen and oxygen atoms in total. The molecule has 3 rings (SSSR count). The van der Waals surface area contributed by atoms with Crippen LogP contribution < -0.4 is 5.32 Å². The minimum absolute atomic E-state index is 0.0200. The lowest BCUT2D eigenvalue weighted by molar-refractivity contribution is -0.166. The van der Waals surface area contributed by atoms with E-state index in [1.807, 2.05) is 6.92 Å². The molecule has 160 valence electrons. The number of alkyl halides is 3. The van der Waals surface area contributed by atoms with Crippen molar-refractivity contribution in [3.8, 4) is 0 Å². The van der Waals surface area contributed by atoms with Gasteiger partial charge in [-0.2, -0.15) is 13.2 Å². The number of halogens is 3. The Morgan fingerprint density at radius 2 is 1.97 bits per heavy atom. The average molecular weight is 413 g/mol. The summed E-state index contributed by atoms with van der Waals surface area (Å²) in [5, 5.41) is 12.1. The first-order valence-corrected chi connectivity index (χ1v) is 9.92. The van der Waals surface area contributed by atoms with Crippen molar-refractivity contribution >= 4 is 5.91 Å². The zero-order valence-corrected chi connectivity index (χ0v) is 16.2. The highest BCUT2D eigenvalue weighted by atomic mass is 19.4. The molecule has 8 heteroatoms. The number of allylic oxidation sites excluding steroid dienone is 1. The van der Waals surface area contributed by atoms with Gasteiger partial charge in [-0.25, -0.2) is 0 Å². The number of carbonyl (C=O) groups excluding carboxylic acids is 1. The van der Waals surface area contributed by atoms with Crippen molar-refractivity contribution in [3.63, 3.8) is 0 Å². The van der Waals surface area contributed by atoms with Crippen molar-refractivity contribution < 1.29 is 32.5 Å². The molecule has 0 bridgehead atoms. The van der Waals surface area contributed by atoms with Crippen molar-refractivity contribution in [2.45, 2.75) is 57.0 Å². The Balaban J connectivity index is 1.92. The summed E-state index contributed by atoms with van der Waals surface area (Å²) < 4.78 is 50.3. The molecule has 3 atom stereocenters.